The first-order valence-corrected chi connectivity index (χ1v) is 3.51. The molecule has 0 amide bonds. The normalized spacial score (nSPS) is 2.17. The van der Waals surface area contributed by atoms with Crippen molar-refractivity contribution in [2.45, 2.75) is 0 Å². The molecule has 0 unspecified atom stereocenters. The molecule has 0 saturated carbocycles. The van der Waals surface area contributed by atoms with Crippen molar-refractivity contribution >= 4 is 0 Å². The molecular formula is CFeHgN2O-. The fourth-order valence-corrected chi connectivity index (χ4v) is 0. The maximum absolute atomic E-state index is 7.41. The molecule has 0 radical (unpaired) electrons. The Labute approximate surface area is 62.3 Å². The molecule has 0 aliphatic carbocycles. The fraction of sp³-hybridized carbons (Fsp3) is 0. The van der Waals surface area contributed by atoms with Crippen LogP contribution in [0.4, 0.5) is 0 Å². The molecule has 0 aromatic carbocycles. The van der Waals surface area contributed by atoms with Gasteiger partial charge in [0.15, 0.2) is 0 Å². The summed E-state index contributed by atoms with van der Waals surface area (Å²) in [4.78, 5) is 7.25. The summed E-state index contributed by atoms with van der Waals surface area (Å²) in [5.74, 6) is 0. The van der Waals surface area contributed by atoms with Gasteiger partial charge in [-0.25, -0.2) is 0 Å². The minimum Gasteiger partial charge on any atom is -0.577 e. The summed E-state index contributed by atoms with van der Waals surface area (Å²) < 4.78 is 1.94. The SMILES string of the molecule is N#[C][Hg].[Fe].[N-]=O. The first-order chi connectivity index (χ1) is 2.41. The minimum absolute atomic E-state index is 0. The number of nitroso groups, excluding NO2 is 1. The van der Waals surface area contributed by atoms with Gasteiger partial charge in [0.2, 0.25) is 0 Å². The summed E-state index contributed by atoms with van der Waals surface area (Å²) in [7, 11) is 0. The Kier molecular flexibility index (Phi) is 128. The van der Waals surface area contributed by atoms with E-state index in [1.165, 1.54) is 0 Å². The van der Waals surface area contributed by atoms with Crippen molar-refractivity contribution < 1.29 is 43.2 Å². The zero-order valence-corrected chi connectivity index (χ0v) is 9.47. The topological polar surface area (TPSA) is 63.2 Å². The molecule has 0 aliphatic heterocycles. The van der Waals surface area contributed by atoms with Gasteiger partial charge in [0, 0.05) is 17.1 Å². The van der Waals surface area contributed by atoms with E-state index in [0.29, 0.717) is 26.1 Å². The Bertz CT molecular complexity index is 43.3. The second-order valence-corrected chi connectivity index (χ2v) is 1.39. The van der Waals surface area contributed by atoms with Crippen LogP contribution in [0.1, 0.15) is 0 Å². The van der Waals surface area contributed by atoms with Crippen LogP contribution < -0.4 is 0 Å². The van der Waals surface area contributed by atoms with Crippen molar-refractivity contribution in [3.8, 4) is 3.58 Å². The van der Waals surface area contributed by atoms with Crippen molar-refractivity contribution in [1.82, 2.24) is 0 Å². The Morgan fingerprint density at radius 3 is 1.67 bits per heavy atom. The molecule has 0 rings (SSSR count). The smallest absolute Gasteiger partial charge is 0 e. The van der Waals surface area contributed by atoms with Gasteiger partial charge in [-0.1, -0.05) is 0 Å². The predicted octanol–water partition coefficient (Wildman–Crippen LogP) is 0.334. The van der Waals surface area contributed by atoms with Crippen molar-refractivity contribution in [2.24, 2.45) is 0 Å². The molecule has 5 heteroatoms. The van der Waals surface area contributed by atoms with Crippen LogP contribution in [0.15, 0.2) is 0 Å². The first kappa shape index (κ1) is 16.0. The molecule has 0 saturated heterocycles. The van der Waals surface area contributed by atoms with Crippen LogP contribution in [-0.4, -0.2) is 0 Å². The van der Waals surface area contributed by atoms with E-state index >= 15 is 0 Å². The van der Waals surface area contributed by atoms with E-state index in [2.05, 4.69) is 0 Å². The van der Waals surface area contributed by atoms with E-state index < -0.39 is 0 Å². The molecule has 0 atom stereocenters. The second-order valence-electron chi connectivity index (χ2n) is 0.158. The Balaban J connectivity index is -0.0000000275. The maximum atomic E-state index is 7.41. The van der Waals surface area contributed by atoms with Crippen LogP contribution in [0.25, 0.3) is 5.59 Å². The van der Waals surface area contributed by atoms with Gasteiger partial charge >= 0.3 is 35.0 Å². The molecule has 0 aliphatic rings. The number of hydrogen-bond donors (Lipinski definition) is 0. The van der Waals surface area contributed by atoms with Crippen LogP contribution in [-0.2, 0) is 43.2 Å². The zero-order valence-electron chi connectivity index (χ0n) is 2.86. The molecular weight excluding hydrogens is 312 g/mol. The number of hydrogen-bond acceptors (Lipinski definition) is 2. The van der Waals surface area contributed by atoms with E-state index in [1.54, 1.807) is 0 Å². The fourth-order valence-electron chi connectivity index (χ4n) is 0. The van der Waals surface area contributed by atoms with Gasteiger partial charge in [-0.15, -0.1) is 0 Å². The number of nitriles is 1. The summed E-state index contributed by atoms with van der Waals surface area (Å²) in [6.45, 7) is 0. The molecule has 0 heterocycles. The monoisotopic (exact) mass is 314 g/mol. The molecule has 3 nitrogen and oxygen atoms in total. The third-order valence-electron chi connectivity index (χ3n) is 0. The Hall–Kier alpha value is 0.545. The summed E-state index contributed by atoms with van der Waals surface area (Å²) >= 11 is 0.372. The van der Waals surface area contributed by atoms with Gasteiger partial charge in [-0.2, -0.15) is 0 Å². The summed E-state index contributed by atoms with van der Waals surface area (Å²) in [5, 5.41) is 7.41. The Morgan fingerprint density at radius 1 is 1.67 bits per heavy atom. The number of rotatable bonds is 0. The quantitative estimate of drug-likeness (QED) is 0.605. The average molecular weight is 312 g/mol. The predicted molar refractivity (Wildman–Crippen MR) is 12.3 cm³/mol. The van der Waals surface area contributed by atoms with Gasteiger partial charge in [0.1, 0.15) is 0 Å². The van der Waals surface area contributed by atoms with Crippen molar-refractivity contribution in [1.29, 1.82) is 5.26 Å². The van der Waals surface area contributed by atoms with Gasteiger partial charge < -0.3 is 10.5 Å². The molecule has 0 N–H and O–H groups in total. The molecule has 0 spiro atoms. The molecule has 0 fully saturated rings. The molecule has 0 aromatic rings. The summed E-state index contributed by atoms with van der Waals surface area (Å²) in [6.07, 6.45) is 0. The van der Waals surface area contributed by atoms with E-state index in [9.17, 15) is 0 Å². The number of nitrogens with zero attached hydrogens (tertiary/aromatic N) is 2. The third-order valence-corrected chi connectivity index (χ3v) is 0. The van der Waals surface area contributed by atoms with Crippen LogP contribution in [0, 0.1) is 13.7 Å². The Morgan fingerprint density at radius 2 is 1.67 bits per heavy atom. The average Bonchev–Trinajstić information content (AvgIpc) is 1.46. The molecule has 0 bridgehead atoms. The van der Waals surface area contributed by atoms with Crippen LogP contribution in [0.3, 0.4) is 0 Å². The van der Waals surface area contributed by atoms with Gasteiger partial charge in [0.05, 0.1) is 0 Å². The minimum atomic E-state index is 0. The van der Waals surface area contributed by atoms with Crippen molar-refractivity contribution in [2.75, 3.05) is 0 Å². The van der Waals surface area contributed by atoms with Gasteiger partial charge in [0.25, 0.3) is 0 Å². The van der Waals surface area contributed by atoms with E-state index in [4.69, 9.17) is 15.8 Å². The summed E-state index contributed by atoms with van der Waals surface area (Å²) in [6, 6.07) is 0. The standard InChI is InChI=1S/CN.Fe.Hg.NO/c1-2;;;1-2/q;;;-1. The molecule has 0 aromatic heterocycles. The van der Waals surface area contributed by atoms with Crippen LogP contribution in [0.2, 0.25) is 0 Å². The van der Waals surface area contributed by atoms with Gasteiger partial charge in [-0.05, 0) is 0 Å². The van der Waals surface area contributed by atoms with E-state index in [1.807, 2.05) is 3.58 Å². The molecule has 6 heavy (non-hydrogen) atoms. The van der Waals surface area contributed by atoms with Crippen molar-refractivity contribution in [3.05, 3.63) is 10.5 Å². The zero-order chi connectivity index (χ0) is 4.71. The van der Waals surface area contributed by atoms with Gasteiger partial charge in [-0.3, -0.25) is 0 Å². The largest absolute Gasteiger partial charge is 0.577 e. The summed E-state index contributed by atoms with van der Waals surface area (Å²) in [5.41, 5.74) is 5.75. The first-order valence-electron chi connectivity index (χ1n) is 0.760. The molecule has 31 valence electrons. The third kappa shape index (κ3) is 193. The van der Waals surface area contributed by atoms with Crippen LogP contribution in [0.5, 0.6) is 0 Å². The second kappa shape index (κ2) is 48.0. The maximum Gasteiger partial charge on any atom is 0 e. The van der Waals surface area contributed by atoms with Crippen molar-refractivity contribution in [3.63, 3.8) is 0 Å². The van der Waals surface area contributed by atoms with E-state index in [-0.39, 0.29) is 17.1 Å². The van der Waals surface area contributed by atoms with Crippen LogP contribution >= 0.6 is 0 Å². The van der Waals surface area contributed by atoms with E-state index in [0.717, 1.165) is 0 Å².